The predicted molar refractivity (Wildman–Crippen MR) is 128 cm³/mol. The number of thiazole rings is 1. The van der Waals surface area contributed by atoms with Gasteiger partial charge in [0.15, 0.2) is 5.13 Å². The molecule has 1 atom stereocenters. The van der Waals surface area contributed by atoms with Crippen LogP contribution in [-0.4, -0.2) is 36.6 Å². The Hall–Kier alpha value is -2.60. The van der Waals surface area contributed by atoms with Crippen LogP contribution in [0.5, 0.6) is 5.75 Å². The van der Waals surface area contributed by atoms with Crippen molar-refractivity contribution in [3.63, 3.8) is 0 Å². The van der Waals surface area contributed by atoms with Crippen molar-refractivity contribution in [1.82, 2.24) is 10.3 Å². The molecule has 1 aliphatic heterocycles. The largest absolute Gasteiger partial charge is 0.494 e. The minimum atomic E-state index is 0.0833. The highest BCUT2D eigenvalue weighted by Gasteiger charge is 2.27. The molecule has 1 aromatic heterocycles. The van der Waals surface area contributed by atoms with Gasteiger partial charge in [0.25, 0.3) is 0 Å². The molecule has 1 saturated heterocycles. The van der Waals surface area contributed by atoms with Crippen molar-refractivity contribution in [3.8, 4) is 5.75 Å². The minimum absolute atomic E-state index is 0.0833. The van der Waals surface area contributed by atoms with Gasteiger partial charge in [0.2, 0.25) is 5.91 Å². The van der Waals surface area contributed by atoms with Gasteiger partial charge < -0.3 is 15.0 Å². The quantitative estimate of drug-likeness (QED) is 0.536. The van der Waals surface area contributed by atoms with Crippen molar-refractivity contribution in [2.24, 2.45) is 5.92 Å². The number of carbonyl (C=O) groups is 1. The molecule has 6 heteroatoms. The van der Waals surface area contributed by atoms with Crippen LogP contribution in [0.2, 0.25) is 0 Å². The molecule has 31 heavy (non-hydrogen) atoms. The number of ether oxygens (including phenoxy) is 1. The summed E-state index contributed by atoms with van der Waals surface area (Å²) in [5.74, 6) is 1.18. The second kappa shape index (κ2) is 10.1. The maximum atomic E-state index is 12.9. The molecule has 0 aliphatic carbocycles. The summed E-state index contributed by atoms with van der Waals surface area (Å²) in [6.45, 7) is 6.53. The fourth-order valence-electron chi connectivity index (χ4n) is 4.13. The van der Waals surface area contributed by atoms with Crippen molar-refractivity contribution in [1.29, 1.82) is 0 Å². The average Bonchev–Trinajstić information content (AvgIpc) is 3.23. The number of hydrogen-bond donors (Lipinski definition) is 1. The Morgan fingerprint density at radius 1 is 1.19 bits per heavy atom. The third-order valence-corrected chi connectivity index (χ3v) is 7.04. The number of anilines is 1. The van der Waals surface area contributed by atoms with Gasteiger partial charge >= 0.3 is 0 Å². The number of benzene rings is 2. The number of carbonyl (C=O) groups excluding carboxylic acids is 1. The van der Waals surface area contributed by atoms with E-state index < -0.39 is 0 Å². The van der Waals surface area contributed by atoms with Crippen LogP contribution < -0.4 is 15.0 Å². The molecule has 4 rings (SSSR count). The fourth-order valence-corrected chi connectivity index (χ4v) is 5.18. The van der Waals surface area contributed by atoms with Gasteiger partial charge in [-0.05, 0) is 56.4 Å². The molecule has 2 heterocycles. The molecule has 1 amide bonds. The normalized spacial score (nSPS) is 15.7. The predicted octanol–water partition coefficient (Wildman–Crippen LogP) is 5.05. The lowest BCUT2D eigenvalue weighted by molar-refractivity contribution is -0.126. The van der Waals surface area contributed by atoms with Gasteiger partial charge in [0.1, 0.15) is 5.75 Å². The van der Waals surface area contributed by atoms with E-state index in [1.165, 1.54) is 5.56 Å². The van der Waals surface area contributed by atoms with Gasteiger partial charge in [-0.15, -0.1) is 0 Å². The first-order chi connectivity index (χ1) is 15.2. The Balaban J connectivity index is 1.32. The lowest BCUT2D eigenvalue weighted by atomic mass is 9.95. The van der Waals surface area contributed by atoms with E-state index in [1.807, 2.05) is 25.1 Å². The van der Waals surface area contributed by atoms with Crippen LogP contribution >= 0.6 is 11.3 Å². The maximum Gasteiger partial charge on any atom is 0.223 e. The fraction of sp³-hybridized carbons (Fsp3) is 0.440. The molecule has 1 unspecified atom stereocenters. The summed E-state index contributed by atoms with van der Waals surface area (Å²) in [5.41, 5.74) is 2.28. The van der Waals surface area contributed by atoms with Crippen LogP contribution in [-0.2, 0) is 11.2 Å². The van der Waals surface area contributed by atoms with Crippen LogP contribution in [0.4, 0.5) is 5.13 Å². The highest BCUT2D eigenvalue weighted by atomic mass is 32.1. The van der Waals surface area contributed by atoms with E-state index >= 15 is 0 Å². The van der Waals surface area contributed by atoms with Crippen molar-refractivity contribution in [2.45, 2.75) is 45.6 Å². The standard InChI is InChI=1S/C25H31N3O2S/c1-3-20(16-18-8-6-5-7-9-18)26-24(29)19-12-14-28(15-13-19)25-27-22-11-10-21(30-4-2)17-23(22)31-25/h5-11,17,19-20H,3-4,12-16H2,1-2H3,(H,26,29). The molecule has 164 valence electrons. The Morgan fingerprint density at radius 3 is 2.68 bits per heavy atom. The lowest BCUT2D eigenvalue weighted by Crippen LogP contribution is -2.44. The number of piperidine rings is 1. The van der Waals surface area contributed by atoms with E-state index in [0.29, 0.717) is 6.61 Å². The van der Waals surface area contributed by atoms with Crippen molar-refractivity contribution in [3.05, 3.63) is 54.1 Å². The molecule has 5 nitrogen and oxygen atoms in total. The third kappa shape index (κ3) is 5.37. The zero-order valence-electron chi connectivity index (χ0n) is 18.3. The van der Waals surface area contributed by atoms with Gasteiger partial charge in [0.05, 0.1) is 16.8 Å². The lowest BCUT2D eigenvalue weighted by Gasteiger charge is -2.32. The van der Waals surface area contributed by atoms with E-state index in [-0.39, 0.29) is 17.9 Å². The van der Waals surface area contributed by atoms with E-state index in [4.69, 9.17) is 9.72 Å². The molecule has 0 spiro atoms. The second-order valence-electron chi connectivity index (χ2n) is 8.12. The number of nitrogens with one attached hydrogen (secondary N) is 1. The Labute approximate surface area is 188 Å². The number of fused-ring (bicyclic) bond motifs is 1. The number of rotatable bonds is 8. The Kier molecular flexibility index (Phi) is 7.07. The van der Waals surface area contributed by atoms with E-state index in [9.17, 15) is 4.79 Å². The molecular weight excluding hydrogens is 406 g/mol. The van der Waals surface area contributed by atoms with Crippen molar-refractivity contribution < 1.29 is 9.53 Å². The summed E-state index contributed by atoms with van der Waals surface area (Å²) in [6.07, 6.45) is 3.56. The zero-order valence-corrected chi connectivity index (χ0v) is 19.2. The first kappa shape index (κ1) is 21.6. The van der Waals surface area contributed by atoms with E-state index in [0.717, 1.165) is 59.9 Å². The summed E-state index contributed by atoms with van der Waals surface area (Å²) in [5, 5.41) is 4.33. The van der Waals surface area contributed by atoms with Crippen LogP contribution in [0.25, 0.3) is 10.2 Å². The van der Waals surface area contributed by atoms with E-state index in [2.05, 4.69) is 47.5 Å². The molecular formula is C25H31N3O2S. The second-order valence-corrected chi connectivity index (χ2v) is 9.13. The van der Waals surface area contributed by atoms with Crippen molar-refractivity contribution >= 4 is 32.6 Å². The van der Waals surface area contributed by atoms with Crippen molar-refractivity contribution in [2.75, 3.05) is 24.6 Å². The van der Waals surface area contributed by atoms with Gasteiger partial charge in [-0.2, -0.15) is 0 Å². The smallest absolute Gasteiger partial charge is 0.223 e. The van der Waals surface area contributed by atoms with E-state index in [1.54, 1.807) is 11.3 Å². The summed E-state index contributed by atoms with van der Waals surface area (Å²) >= 11 is 1.70. The molecule has 0 bridgehead atoms. The highest BCUT2D eigenvalue weighted by Crippen LogP contribution is 2.33. The summed E-state index contributed by atoms with van der Waals surface area (Å²) in [4.78, 5) is 20.0. The summed E-state index contributed by atoms with van der Waals surface area (Å²) < 4.78 is 6.75. The Bertz CT molecular complexity index is 996. The number of amides is 1. The zero-order chi connectivity index (χ0) is 21.6. The monoisotopic (exact) mass is 437 g/mol. The molecule has 1 aliphatic rings. The van der Waals surface area contributed by atoms with Crippen LogP contribution in [0.3, 0.4) is 0 Å². The maximum absolute atomic E-state index is 12.9. The van der Waals surface area contributed by atoms with Gasteiger partial charge in [-0.25, -0.2) is 4.98 Å². The first-order valence-electron chi connectivity index (χ1n) is 11.3. The topological polar surface area (TPSA) is 54.5 Å². The van der Waals surface area contributed by atoms with Gasteiger partial charge in [-0.1, -0.05) is 48.6 Å². The third-order valence-electron chi connectivity index (χ3n) is 5.96. The Morgan fingerprint density at radius 2 is 1.97 bits per heavy atom. The molecule has 1 fully saturated rings. The SMILES string of the molecule is CCOc1ccc2nc(N3CCC(C(=O)NC(CC)Cc4ccccc4)CC3)sc2c1. The molecule has 1 N–H and O–H groups in total. The first-order valence-corrected chi connectivity index (χ1v) is 12.1. The molecule has 3 aromatic rings. The summed E-state index contributed by atoms with van der Waals surface area (Å²) in [6, 6.07) is 16.7. The minimum Gasteiger partial charge on any atom is -0.494 e. The average molecular weight is 438 g/mol. The molecule has 0 saturated carbocycles. The number of aromatic nitrogens is 1. The van der Waals surface area contributed by atoms with Crippen LogP contribution in [0, 0.1) is 5.92 Å². The van der Waals surface area contributed by atoms with Crippen LogP contribution in [0.15, 0.2) is 48.5 Å². The molecule has 2 aromatic carbocycles. The number of nitrogens with zero attached hydrogens (tertiary/aromatic N) is 2. The summed E-state index contributed by atoms with van der Waals surface area (Å²) in [7, 11) is 0. The van der Waals surface area contributed by atoms with Gasteiger partial charge in [0, 0.05) is 25.0 Å². The van der Waals surface area contributed by atoms with Crippen LogP contribution in [0.1, 0.15) is 38.7 Å². The van der Waals surface area contributed by atoms with Gasteiger partial charge in [-0.3, -0.25) is 4.79 Å². The molecule has 0 radical (unpaired) electrons. The number of hydrogen-bond acceptors (Lipinski definition) is 5. The highest BCUT2D eigenvalue weighted by molar-refractivity contribution is 7.22.